The second kappa shape index (κ2) is 14.6. The predicted molar refractivity (Wildman–Crippen MR) is 169 cm³/mol. The molecule has 0 bridgehead atoms. The Kier molecular flexibility index (Phi) is 10.2. The molecule has 4 aromatic carbocycles. The van der Waals surface area contributed by atoms with Crippen molar-refractivity contribution in [2.24, 2.45) is 0 Å². The molecular formula is C36H38O7S. The van der Waals surface area contributed by atoms with Crippen LogP contribution in [-0.2, 0) is 36.9 Å². The summed E-state index contributed by atoms with van der Waals surface area (Å²) in [5, 5.41) is 0. The fraction of sp³-hybridized carbons (Fsp3) is 0.333. The Balaban J connectivity index is 1.30. The summed E-state index contributed by atoms with van der Waals surface area (Å²) in [7, 11) is 3.32. The first-order valence-corrected chi connectivity index (χ1v) is 15.7. The van der Waals surface area contributed by atoms with Gasteiger partial charge in [0.05, 0.1) is 34.0 Å². The number of aryl methyl sites for hydroxylation is 1. The molecule has 2 aliphatic rings. The van der Waals surface area contributed by atoms with Crippen molar-refractivity contribution in [3.05, 3.63) is 125 Å². The lowest BCUT2D eigenvalue weighted by atomic mass is 9.98. The van der Waals surface area contributed by atoms with Crippen LogP contribution in [-0.4, -0.2) is 50.7 Å². The molecule has 230 valence electrons. The zero-order valence-electron chi connectivity index (χ0n) is 25.2. The van der Waals surface area contributed by atoms with Gasteiger partial charge in [0.1, 0.15) is 41.4 Å². The van der Waals surface area contributed by atoms with Crippen LogP contribution in [0.15, 0.2) is 108 Å². The molecule has 0 amide bonds. The first-order chi connectivity index (χ1) is 21.6. The van der Waals surface area contributed by atoms with E-state index < -0.39 is 24.6 Å². The Morgan fingerprint density at radius 3 is 1.86 bits per heavy atom. The van der Waals surface area contributed by atoms with Gasteiger partial charge in [-0.3, -0.25) is 0 Å². The lowest BCUT2D eigenvalue weighted by Crippen LogP contribution is -2.62. The summed E-state index contributed by atoms with van der Waals surface area (Å²) in [6, 6.07) is 34.2. The van der Waals surface area contributed by atoms with Gasteiger partial charge in [0.2, 0.25) is 0 Å². The van der Waals surface area contributed by atoms with Crippen LogP contribution in [0.25, 0.3) is 0 Å². The Hall–Kier alpha value is -3.37. The topological polar surface area (TPSA) is 64.6 Å². The Morgan fingerprint density at radius 1 is 0.682 bits per heavy atom. The van der Waals surface area contributed by atoms with Crippen LogP contribution in [0.4, 0.5) is 0 Å². The number of thioether (sulfide) groups is 1. The Morgan fingerprint density at radius 2 is 1.27 bits per heavy atom. The first-order valence-electron chi connectivity index (χ1n) is 14.8. The van der Waals surface area contributed by atoms with Gasteiger partial charge in [-0.05, 0) is 54.4 Å². The highest BCUT2D eigenvalue weighted by molar-refractivity contribution is 7.99. The van der Waals surface area contributed by atoms with E-state index in [1.807, 2.05) is 78.9 Å². The van der Waals surface area contributed by atoms with Crippen LogP contribution in [0.5, 0.6) is 11.5 Å². The second-order valence-corrected chi connectivity index (χ2v) is 12.1. The van der Waals surface area contributed by atoms with Crippen molar-refractivity contribution in [1.29, 1.82) is 0 Å². The fourth-order valence-corrected chi connectivity index (χ4v) is 6.49. The summed E-state index contributed by atoms with van der Waals surface area (Å²) < 4.78 is 43.7. The third kappa shape index (κ3) is 7.46. The third-order valence-electron chi connectivity index (χ3n) is 7.83. The molecule has 44 heavy (non-hydrogen) atoms. The zero-order valence-corrected chi connectivity index (χ0v) is 26.0. The van der Waals surface area contributed by atoms with Gasteiger partial charge in [0.25, 0.3) is 0 Å². The minimum atomic E-state index is -0.531. The van der Waals surface area contributed by atoms with Gasteiger partial charge in [0.15, 0.2) is 6.29 Å². The molecule has 8 heteroatoms. The van der Waals surface area contributed by atoms with Crippen molar-refractivity contribution in [1.82, 2.24) is 0 Å². The molecule has 2 saturated heterocycles. The summed E-state index contributed by atoms with van der Waals surface area (Å²) in [6.07, 6.45) is -2.16. The molecule has 6 atom stereocenters. The lowest BCUT2D eigenvalue weighted by molar-refractivity contribution is -0.329. The molecule has 0 saturated carbocycles. The number of rotatable bonds is 11. The maximum absolute atomic E-state index is 6.76. The summed E-state index contributed by atoms with van der Waals surface area (Å²) in [5.74, 6) is 1.60. The first kappa shape index (κ1) is 30.6. The number of hydrogen-bond acceptors (Lipinski definition) is 8. The van der Waals surface area contributed by atoms with Gasteiger partial charge in [-0.15, -0.1) is 0 Å². The molecule has 0 unspecified atom stereocenters. The molecule has 6 rings (SSSR count). The predicted octanol–water partition coefficient (Wildman–Crippen LogP) is 7.11. The SMILES string of the molecule is COc1ccc(CO[C@H]2[C@H]3O[C@H](c4ccccc4)OC[C@H]3O[C@@H](Sc3ccc(C)cc3)[C@@H]2OCc2ccc(OC)cc2)cc1. The van der Waals surface area contributed by atoms with E-state index in [4.69, 9.17) is 33.2 Å². The van der Waals surface area contributed by atoms with E-state index in [-0.39, 0.29) is 11.5 Å². The standard InChI is InChI=1S/C36H38O7S/c1-24-9-19-30(20-10-24)44-36-34(40-22-26-13-17-29(38-3)18-14-26)33(39-21-25-11-15-28(37-2)16-12-25)32-31(42-36)23-41-35(43-32)27-7-5-4-6-8-27/h4-20,31-36H,21-23H2,1-3H3/t31-,32+,33+,34-,35-,36+/m1/s1. The van der Waals surface area contributed by atoms with E-state index in [1.54, 1.807) is 26.0 Å². The third-order valence-corrected chi connectivity index (χ3v) is 8.99. The molecule has 4 aromatic rings. The summed E-state index contributed by atoms with van der Waals surface area (Å²) >= 11 is 1.63. The summed E-state index contributed by atoms with van der Waals surface area (Å²) in [4.78, 5) is 1.09. The molecule has 0 radical (unpaired) electrons. The normalized spacial score (nSPS) is 24.8. The van der Waals surface area contributed by atoms with Gasteiger partial charge in [-0.25, -0.2) is 0 Å². The van der Waals surface area contributed by atoms with Crippen LogP contribution in [0, 0.1) is 6.92 Å². The van der Waals surface area contributed by atoms with Crippen molar-refractivity contribution in [3.8, 4) is 11.5 Å². The van der Waals surface area contributed by atoms with E-state index in [2.05, 4.69) is 31.2 Å². The van der Waals surface area contributed by atoms with E-state index in [0.29, 0.717) is 19.8 Å². The van der Waals surface area contributed by atoms with E-state index in [9.17, 15) is 0 Å². The van der Waals surface area contributed by atoms with Crippen LogP contribution < -0.4 is 9.47 Å². The number of fused-ring (bicyclic) bond motifs is 1. The van der Waals surface area contributed by atoms with Gasteiger partial charge >= 0.3 is 0 Å². The molecule has 7 nitrogen and oxygen atoms in total. The zero-order chi connectivity index (χ0) is 30.3. The average Bonchev–Trinajstić information content (AvgIpc) is 3.08. The highest BCUT2D eigenvalue weighted by Crippen LogP contribution is 2.41. The van der Waals surface area contributed by atoms with Crippen molar-refractivity contribution >= 4 is 11.8 Å². The van der Waals surface area contributed by atoms with Crippen LogP contribution >= 0.6 is 11.8 Å². The largest absolute Gasteiger partial charge is 0.497 e. The monoisotopic (exact) mass is 614 g/mol. The number of ether oxygens (including phenoxy) is 7. The molecule has 0 aromatic heterocycles. The minimum Gasteiger partial charge on any atom is -0.497 e. The molecular weight excluding hydrogens is 576 g/mol. The second-order valence-electron chi connectivity index (χ2n) is 10.9. The van der Waals surface area contributed by atoms with Gasteiger partial charge in [0, 0.05) is 10.5 Å². The van der Waals surface area contributed by atoms with Crippen LogP contribution in [0.1, 0.15) is 28.5 Å². The van der Waals surface area contributed by atoms with Gasteiger partial charge in [-0.2, -0.15) is 0 Å². The van der Waals surface area contributed by atoms with Crippen molar-refractivity contribution in [2.75, 3.05) is 20.8 Å². The highest BCUT2D eigenvalue weighted by atomic mass is 32.2. The maximum atomic E-state index is 6.76. The van der Waals surface area contributed by atoms with Crippen molar-refractivity contribution < 1.29 is 33.2 Å². The smallest absolute Gasteiger partial charge is 0.184 e. The highest BCUT2D eigenvalue weighted by Gasteiger charge is 2.51. The average molecular weight is 615 g/mol. The van der Waals surface area contributed by atoms with Crippen molar-refractivity contribution in [2.45, 2.75) is 61.2 Å². The molecule has 0 spiro atoms. The fourth-order valence-electron chi connectivity index (χ4n) is 5.37. The summed E-state index contributed by atoms with van der Waals surface area (Å²) in [6.45, 7) is 3.21. The van der Waals surface area contributed by atoms with Crippen molar-refractivity contribution in [3.63, 3.8) is 0 Å². The van der Waals surface area contributed by atoms with E-state index >= 15 is 0 Å². The number of methoxy groups -OCH3 is 2. The van der Waals surface area contributed by atoms with E-state index in [0.717, 1.165) is 33.1 Å². The quantitative estimate of drug-likeness (QED) is 0.177. The van der Waals surface area contributed by atoms with Gasteiger partial charge in [-0.1, -0.05) is 84.1 Å². The molecule has 2 heterocycles. The Labute approximate surface area is 263 Å². The number of benzene rings is 4. The number of hydrogen-bond donors (Lipinski definition) is 0. The maximum Gasteiger partial charge on any atom is 0.184 e. The molecule has 0 N–H and O–H groups in total. The molecule has 2 aliphatic heterocycles. The molecule has 0 aliphatic carbocycles. The van der Waals surface area contributed by atoms with Gasteiger partial charge < -0.3 is 33.2 Å². The Bertz CT molecular complexity index is 1450. The lowest BCUT2D eigenvalue weighted by Gasteiger charge is -2.49. The van der Waals surface area contributed by atoms with Crippen LogP contribution in [0.3, 0.4) is 0 Å². The summed E-state index contributed by atoms with van der Waals surface area (Å²) in [5.41, 5.74) is 3.84. The minimum absolute atomic E-state index is 0.334. The van der Waals surface area contributed by atoms with Crippen LogP contribution in [0.2, 0.25) is 0 Å². The molecule has 2 fully saturated rings. The van der Waals surface area contributed by atoms with E-state index in [1.165, 1.54) is 5.56 Å².